The third kappa shape index (κ3) is 14.3. The fourth-order valence-corrected chi connectivity index (χ4v) is 0.280. The van der Waals surface area contributed by atoms with Gasteiger partial charge in [0.05, 0.1) is 6.42 Å². The van der Waals surface area contributed by atoms with Crippen LogP contribution in [-0.4, -0.2) is 30.2 Å². The van der Waals surface area contributed by atoms with Gasteiger partial charge in [-0.15, -0.1) is 0 Å². The molecule has 0 bridgehead atoms. The van der Waals surface area contributed by atoms with E-state index in [2.05, 4.69) is 4.65 Å². The minimum atomic E-state index is -4.31. The summed E-state index contributed by atoms with van der Waals surface area (Å²) < 4.78 is 37.6. The van der Waals surface area contributed by atoms with E-state index in [1.807, 2.05) is 0 Å². The summed E-state index contributed by atoms with van der Waals surface area (Å²) in [7, 11) is -2.12. The van der Waals surface area contributed by atoms with Crippen molar-refractivity contribution in [1.82, 2.24) is 0 Å². The first-order chi connectivity index (χ1) is 4.42. The largest absolute Gasteiger partial charge is 1.00 e. The van der Waals surface area contributed by atoms with E-state index in [-0.39, 0.29) is 52.8 Å². The molecule has 0 aromatic carbocycles. The van der Waals surface area contributed by atoms with Gasteiger partial charge in [-0.1, -0.05) is 0 Å². The quantitative estimate of drug-likeness (QED) is 0.476. The van der Waals surface area contributed by atoms with Crippen LogP contribution >= 0.6 is 0 Å². The Bertz CT molecular complexity index is 103. The molecule has 2 N–H and O–H groups in total. The summed E-state index contributed by atoms with van der Waals surface area (Å²) in [6.45, 7) is -0.735. The molecule has 0 heterocycles. The standard InChI is InChI=1S/C3H6BF3O3.K.H/c5-3(6,7)1-2-10-4(8)9;;/h8-9H,1-2H2;;/q;+1;-1. The van der Waals surface area contributed by atoms with Gasteiger partial charge in [0, 0.05) is 6.61 Å². The van der Waals surface area contributed by atoms with E-state index in [0.29, 0.717) is 0 Å². The molecule has 3 nitrogen and oxygen atoms in total. The SMILES string of the molecule is OB(O)OCCC(F)(F)F.[H-].[K+]. The van der Waals surface area contributed by atoms with Crippen molar-refractivity contribution in [2.24, 2.45) is 0 Å². The minimum Gasteiger partial charge on any atom is -1.00 e. The Kier molecular flexibility index (Phi) is 9.25. The number of halogens is 3. The first-order valence-corrected chi connectivity index (χ1v) is 2.46. The molecule has 0 aromatic rings. The molecule has 11 heavy (non-hydrogen) atoms. The van der Waals surface area contributed by atoms with Crippen LogP contribution in [0.4, 0.5) is 13.2 Å². The summed E-state index contributed by atoms with van der Waals surface area (Å²) in [6.07, 6.45) is -5.49. The maximum atomic E-state index is 11.3. The zero-order chi connectivity index (χ0) is 8.20. The van der Waals surface area contributed by atoms with Gasteiger partial charge in [0.1, 0.15) is 0 Å². The summed E-state index contributed by atoms with van der Waals surface area (Å²) >= 11 is 0. The summed E-state index contributed by atoms with van der Waals surface area (Å²) in [4.78, 5) is 0. The van der Waals surface area contributed by atoms with E-state index in [1.54, 1.807) is 0 Å². The maximum absolute atomic E-state index is 11.3. The first kappa shape index (κ1) is 14.9. The average molecular weight is 198 g/mol. The van der Waals surface area contributed by atoms with Crippen molar-refractivity contribution in [2.75, 3.05) is 6.61 Å². The van der Waals surface area contributed by atoms with Gasteiger partial charge in [0.15, 0.2) is 0 Å². The van der Waals surface area contributed by atoms with Gasteiger partial charge in [-0.05, 0) is 0 Å². The zero-order valence-electron chi connectivity index (χ0n) is 6.93. The Labute approximate surface area is 106 Å². The van der Waals surface area contributed by atoms with E-state index in [4.69, 9.17) is 10.0 Å². The van der Waals surface area contributed by atoms with Crippen molar-refractivity contribution in [1.29, 1.82) is 0 Å². The van der Waals surface area contributed by atoms with E-state index in [9.17, 15) is 13.2 Å². The summed E-state index contributed by atoms with van der Waals surface area (Å²) in [6, 6.07) is 0. The van der Waals surface area contributed by atoms with Gasteiger partial charge in [-0.2, -0.15) is 13.2 Å². The molecule has 0 radical (unpaired) electrons. The Morgan fingerprint density at radius 1 is 1.36 bits per heavy atom. The first-order valence-electron chi connectivity index (χ1n) is 2.46. The molecule has 0 aromatic heterocycles. The summed E-state index contributed by atoms with van der Waals surface area (Å²) in [5.74, 6) is 0. The van der Waals surface area contributed by atoms with Crippen molar-refractivity contribution in [3.8, 4) is 0 Å². The number of rotatable bonds is 3. The molecule has 0 unspecified atom stereocenters. The second-order valence-electron chi connectivity index (χ2n) is 1.56. The van der Waals surface area contributed by atoms with Crippen molar-refractivity contribution < 1.29 is 80.7 Å². The molecule has 0 rings (SSSR count). The number of hydrogen-bond donors (Lipinski definition) is 2. The van der Waals surface area contributed by atoms with Crippen LogP contribution < -0.4 is 51.4 Å². The van der Waals surface area contributed by atoms with Crippen LogP contribution in [0.25, 0.3) is 0 Å². The van der Waals surface area contributed by atoms with E-state index in [1.165, 1.54) is 0 Å². The van der Waals surface area contributed by atoms with Crippen molar-refractivity contribution in [3.05, 3.63) is 0 Å². The van der Waals surface area contributed by atoms with E-state index >= 15 is 0 Å². The minimum absolute atomic E-state index is 0. The van der Waals surface area contributed by atoms with Crippen LogP contribution in [0.15, 0.2) is 0 Å². The maximum Gasteiger partial charge on any atom is 1.00 e. The number of hydrogen-bond acceptors (Lipinski definition) is 3. The normalized spacial score (nSPS) is 10.6. The fraction of sp³-hybridized carbons (Fsp3) is 1.00. The smallest absolute Gasteiger partial charge is 1.00 e. The van der Waals surface area contributed by atoms with Gasteiger partial charge in [-0.25, -0.2) is 0 Å². The summed E-state index contributed by atoms with van der Waals surface area (Å²) in [5.41, 5.74) is 0. The average Bonchev–Trinajstić information content (AvgIpc) is 1.59. The van der Waals surface area contributed by atoms with E-state index < -0.39 is 26.5 Å². The van der Waals surface area contributed by atoms with Crippen LogP contribution in [0, 0.1) is 0 Å². The third-order valence-corrected chi connectivity index (χ3v) is 0.652. The van der Waals surface area contributed by atoms with Crippen LogP contribution in [0.3, 0.4) is 0 Å². The van der Waals surface area contributed by atoms with Gasteiger partial charge in [0.25, 0.3) is 0 Å². The third-order valence-electron chi connectivity index (χ3n) is 0.652. The Balaban J connectivity index is -0.000000405. The molecule has 0 amide bonds. The molecule has 0 aliphatic rings. The van der Waals surface area contributed by atoms with Gasteiger partial charge >= 0.3 is 64.9 Å². The second kappa shape index (κ2) is 6.84. The van der Waals surface area contributed by atoms with Gasteiger partial charge in [-0.3, -0.25) is 0 Å². The molecule has 0 spiro atoms. The van der Waals surface area contributed by atoms with Gasteiger partial charge in [0.2, 0.25) is 0 Å². The van der Waals surface area contributed by atoms with Crippen LogP contribution in [0.1, 0.15) is 7.85 Å². The molecule has 0 saturated carbocycles. The van der Waals surface area contributed by atoms with Crippen LogP contribution in [-0.2, 0) is 4.65 Å². The molecular formula is C3H7BF3KO3. The van der Waals surface area contributed by atoms with Crippen molar-refractivity contribution >= 4 is 7.32 Å². The molecule has 0 aliphatic carbocycles. The van der Waals surface area contributed by atoms with Crippen LogP contribution in [0.2, 0.25) is 0 Å². The zero-order valence-corrected chi connectivity index (χ0v) is 9.05. The Morgan fingerprint density at radius 2 is 1.82 bits per heavy atom. The van der Waals surface area contributed by atoms with E-state index in [0.717, 1.165) is 0 Å². The summed E-state index contributed by atoms with van der Waals surface area (Å²) in [5, 5.41) is 15.8. The molecule has 62 valence electrons. The Hall–Kier alpha value is 1.37. The van der Waals surface area contributed by atoms with Crippen molar-refractivity contribution in [2.45, 2.75) is 12.6 Å². The van der Waals surface area contributed by atoms with Crippen molar-refractivity contribution in [3.63, 3.8) is 0 Å². The van der Waals surface area contributed by atoms with Gasteiger partial charge < -0.3 is 16.1 Å². The predicted molar refractivity (Wildman–Crippen MR) is 27.9 cm³/mol. The topological polar surface area (TPSA) is 49.7 Å². The molecule has 0 aliphatic heterocycles. The molecule has 0 atom stereocenters. The fourth-order valence-electron chi connectivity index (χ4n) is 0.280. The monoisotopic (exact) mass is 198 g/mol. The molecule has 0 fully saturated rings. The molecule has 0 saturated heterocycles. The molecular weight excluding hydrogens is 191 g/mol. The van der Waals surface area contributed by atoms with Crippen LogP contribution in [0.5, 0.6) is 0 Å². The predicted octanol–water partition coefficient (Wildman–Crippen LogP) is -2.96. The molecule has 8 heteroatoms. The number of alkyl halides is 3. The second-order valence-corrected chi connectivity index (χ2v) is 1.56. The Morgan fingerprint density at radius 3 is 2.09 bits per heavy atom.